The Bertz CT molecular complexity index is 304. The van der Waals surface area contributed by atoms with Crippen molar-refractivity contribution in [1.29, 1.82) is 0 Å². The molecular weight excluding hydrogens is 172 g/mol. The van der Waals surface area contributed by atoms with Crippen LogP contribution >= 0.6 is 11.3 Å². The average Bonchev–Trinajstić information content (AvgIpc) is 2.49. The van der Waals surface area contributed by atoms with E-state index in [4.69, 9.17) is 5.11 Å². The molecule has 64 valence electrons. The van der Waals surface area contributed by atoms with E-state index in [1.807, 2.05) is 24.4 Å². The van der Waals surface area contributed by atoms with Crippen LogP contribution in [0.25, 0.3) is 0 Å². The Kier molecular flexibility index (Phi) is 1.51. The fourth-order valence-corrected chi connectivity index (χ4v) is 2.48. The summed E-state index contributed by atoms with van der Waals surface area (Å²) >= 11 is 1.65. The van der Waals surface area contributed by atoms with E-state index in [1.54, 1.807) is 11.3 Å². The van der Waals surface area contributed by atoms with Crippen LogP contribution in [0.1, 0.15) is 24.1 Å². The Morgan fingerprint density at radius 2 is 2.58 bits per heavy atom. The van der Waals surface area contributed by atoms with Crippen molar-refractivity contribution in [3.63, 3.8) is 0 Å². The molecule has 1 N–H and O–H groups in total. The first-order valence-electron chi connectivity index (χ1n) is 3.91. The van der Waals surface area contributed by atoms with Gasteiger partial charge >= 0.3 is 5.97 Å². The maximum Gasteiger partial charge on any atom is 0.310 e. The number of aliphatic carboxylic acids is 1. The first-order valence-corrected chi connectivity index (χ1v) is 4.79. The zero-order valence-electron chi connectivity index (χ0n) is 6.78. The average molecular weight is 182 g/mol. The van der Waals surface area contributed by atoms with Gasteiger partial charge in [-0.25, -0.2) is 0 Å². The van der Waals surface area contributed by atoms with Crippen molar-refractivity contribution in [1.82, 2.24) is 0 Å². The van der Waals surface area contributed by atoms with E-state index in [0.29, 0.717) is 0 Å². The molecule has 1 aromatic heterocycles. The van der Waals surface area contributed by atoms with E-state index in [-0.39, 0.29) is 5.92 Å². The lowest BCUT2D eigenvalue weighted by molar-refractivity contribution is -0.142. The van der Waals surface area contributed by atoms with Crippen LogP contribution in [0.4, 0.5) is 0 Å². The third-order valence-corrected chi connectivity index (χ3v) is 3.60. The summed E-state index contributed by atoms with van der Waals surface area (Å²) in [6.45, 7) is 1.82. The van der Waals surface area contributed by atoms with Crippen molar-refractivity contribution < 1.29 is 9.90 Å². The Balaban J connectivity index is 2.19. The Labute approximate surface area is 74.8 Å². The molecule has 12 heavy (non-hydrogen) atoms. The second-order valence-corrected chi connectivity index (χ2v) is 4.47. The molecule has 1 aliphatic carbocycles. The molecule has 0 saturated heterocycles. The van der Waals surface area contributed by atoms with Crippen LogP contribution in [0.15, 0.2) is 17.5 Å². The van der Waals surface area contributed by atoms with E-state index < -0.39 is 11.4 Å². The van der Waals surface area contributed by atoms with E-state index in [0.717, 1.165) is 6.42 Å². The van der Waals surface area contributed by atoms with Gasteiger partial charge in [-0.15, -0.1) is 11.3 Å². The molecule has 1 fully saturated rings. The van der Waals surface area contributed by atoms with Crippen LogP contribution in [0.3, 0.4) is 0 Å². The molecule has 0 radical (unpaired) electrons. The zero-order valence-corrected chi connectivity index (χ0v) is 7.60. The van der Waals surface area contributed by atoms with E-state index in [9.17, 15) is 4.79 Å². The molecule has 3 heteroatoms. The molecule has 1 heterocycles. The molecule has 1 saturated carbocycles. The number of hydrogen-bond donors (Lipinski definition) is 1. The molecule has 0 spiro atoms. The van der Waals surface area contributed by atoms with E-state index in [1.165, 1.54) is 4.88 Å². The van der Waals surface area contributed by atoms with Gasteiger partial charge < -0.3 is 5.11 Å². The summed E-state index contributed by atoms with van der Waals surface area (Å²) < 4.78 is 0. The van der Waals surface area contributed by atoms with Gasteiger partial charge in [-0.1, -0.05) is 6.07 Å². The van der Waals surface area contributed by atoms with Crippen LogP contribution in [-0.4, -0.2) is 11.1 Å². The minimum absolute atomic E-state index is 0.259. The van der Waals surface area contributed by atoms with Crippen molar-refractivity contribution >= 4 is 17.3 Å². The first-order chi connectivity index (χ1) is 5.64. The number of rotatable bonds is 2. The SMILES string of the molecule is CC1(C(=O)O)CC1c1cccs1. The Morgan fingerprint density at radius 1 is 1.83 bits per heavy atom. The molecule has 2 rings (SSSR count). The van der Waals surface area contributed by atoms with Crippen LogP contribution < -0.4 is 0 Å². The van der Waals surface area contributed by atoms with Gasteiger partial charge in [0.15, 0.2) is 0 Å². The fourth-order valence-electron chi connectivity index (χ4n) is 1.51. The van der Waals surface area contributed by atoms with Crippen molar-refractivity contribution in [2.45, 2.75) is 19.3 Å². The monoisotopic (exact) mass is 182 g/mol. The van der Waals surface area contributed by atoms with Crippen molar-refractivity contribution in [3.05, 3.63) is 22.4 Å². The van der Waals surface area contributed by atoms with Gasteiger partial charge in [0, 0.05) is 10.8 Å². The summed E-state index contributed by atoms with van der Waals surface area (Å²) in [6, 6.07) is 3.99. The summed E-state index contributed by atoms with van der Waals surface area (Å²) in [5, 5.41) is 10.9. The van der Waals surface area contributed by atoms with Crippen molar-refractivity contribution in [2.24, 2.45) is 5.41 Å². The Hall–Kier alpha value is -0.830. The highest BCUT2D eigenvalue weighted by Crippen LogP contribution is 2.60. The second-order valence-electron chi connectivity index (χ2n) is 3.49. The highest BCUT2D eigenvalue weighted by atomic mass is 32.1. The largest absolute Gasteiger partial charge is 0.481 e. The van der Waals surface area contributed by atoms with Gasteiger partial charge in [0.2, 0.25) is 0 Å². The summed E-state index contributed by atoms with van der Waals surface area (Å²) in [6.07, 6.45) is 0.794. The first kappa shape index (κ1) is 7.80. The molecule has 0 aliphatic heterocycles. The number of carboxylic acid groups (broad SMARTS) is 1. The summed E-state index contributed by atoms with van der Waals surface area (Å²) in [4.78, 5) is 12.0. The molecule has 0 amide bonds. The molecule has 0 aromatic carbocycles. The molecule has 2 atom stereocenters. The smallest absolute Gasteiger partial charge is 0.310 e. The van der Waals surface area contributed by atoms with E-state index >= 15 is 0 Å². The van der Waals surface area contributed by atoms with Gasteiger partial charge in [0.05, 0.1) is 5.41 Å². The van der Waals surface area contributed by atoms with Crippen LogP contribution in [0, 0.1) is 5.41 Å². The molecule has 1 aromatic rings. The quantitative estimate of drug-likeness (QED) is 0.762. The third-order valence-electron chi connectivity index (χ3n) is 2.61. The molecule has 1 aliphatic rings. The predicted octanol–water partition coefficient (Wildman–Crippen LogP) is 2.33. The number of thiophene rings is 1. The lowest BCUT2D eigenvalue weighted by atomic mass is 10.1. The summed E-state index contributed by atoms with van der Waals surface area (Å²) in [7, 11) is 0. The maximum atomic E-state index is 10.8. The summed E-state index contributed by atoms with van der Waals surface area (Å²) in [5.41, 5.74) is -0.481. The van der Waals surface area contributed by atoms with Crippen molar-refractivity contribution in [2.75, 3.05) is 0 Å². The summed E-state index contributed by atoms with van der Waals surface area (Å²) in [5.74, 6) is -0.407. The zero-order chi connectivity index (χ0) is 8.77. The minimum Gasteiger partial charge on any atom is -0.481 e. The van der Waals surface area contributed by atoms with Crippen molar-refractivity contribution in [3.8, 4) is 0 Å². The van der Waals surface area contributed by atoms with E-state index in [2.05, 4.69) is 0 Å². The predicted molar refractivity (Wildman–Crippen MR) is 47.4 cm³/mol. The van der Waals surface area contributed by atoms with Gasteiger partial charge in [0.1, 0.15) is 0 Å². The van der Waals surface area contributed by atoms with Gasteiger partial charge in [-0.05, 0) is 24.8 Å². The lowest BCUT2D eigenvalue weighted by Crippen LogP contribution is -2.11. The standard InChI is InChI=1S/C9H10O2S/c1-9(8(10)11)5-6(9)7-3-2-4-12-7/h2-4,6H,5H2,1H3,(H,10,11). The lowest BCUT2D eigenvalue weighted by Gasteiger charge is -2.01. The normalized spacial score (nSPS) is 33.2. The Morgan fingerprint density at radius 3 is 3.00 bits per heavy atom. The van der Waals surface area contributed by atoms with Gasteiger partial charge in [-0.3, -0.25) is 4.79 Å². The highest BCUT2D eigenvalue weighted by Gasteiger charge is 2.57. The van der Waals surface area contributed by atoms with Crippen LogP contribution in [0.2, 0.25) is 0 Å². The van der Waals surface area contributed by atoms with Crippen LogP contribution in [-0.2, 0) is 4.79 Å². The molecule has 0 bridgehead atoms. The number of carbonyl (C=O) groups is 1. The molecular formula is C9H10O2S. The number of hydrogen-bond acceptors (Lipinski definition) is 2. The fraction of sp³-hybridized carbons (Fsp3) is 0.444. The molecule has 2 nitrogen and oxygen atoms in total. The third kappa shape index (κ3) is 0.966. The maximum absolute atomic E-state index is 10.8. The number of carboxylic acids is 1. The highest BCUT2D eigenvalue weighted by molar-refractivity contribution is 7.10. The minimum atomic E-state index is -0.666. The van der Waals surface area contributed by atoms with Gasteiger partial charge in [-0.2, -0.15) is 0 Å². The molecule has 2 unspecified atom stereocenters. The topological polar surface area (TPSA) is 37.3 Å². The van der Waals surface area contributed by atoms with Gasteiger partial charge in [0.25, 0.3) is 0 Å². The second kappa shape index (κ2) is 2.33. The van der Waals surface area contributed by atoms with Crippen LogP contribution in [0.5, 0.6) is 0 Å².